The number of carbonyl (C=O) groups excluding carboxylic acids is 1. The van der Waals surface area contributed by atoms with Gasteiger partial charge in [-0.15, -0.1) is 0 Å². The van der Waals surface area contributed by atoms with E-state index in [0.29, 0.717) is 0 Å². The zero-order valence-electron chi connectivity index (χ0n) is 12.1. The number of anilines is 2. The minimum atomic E-state index is -0.296. The van der Waals surface area contributed by atoms with Gasteiger partial charge in [0.1, 0.15) is 6.04 Å². The number of amides is 1. The zero-order chi connectivity index (χ0) is 14.5. The van der Waals surface area contributed by atoms with Crippen LogP contribution in [-0.4, -0.2) is 11.9 Å². The average Bonchev–Trinajstić information content (AvgIpc) is 2.44. The number of nitrogens with one attached hydrogen (secondary N) is 2. The fraction of sp³-hybridized carbons (Fsp3) is 0.235. The fourth-order valence-electron chi connectivity index (χ4n) is 1.96. The molecule has 2 N–H and O–H groups in total. The van der Waals surface area contributed by atoms with Crippen molar-refractivity contribution < 1.29 is 4.79 Å². The molecule has 2 aromatic rings. The summed E-state index contributed by atoms with van der Waals surface area (Å²) in [6.07, 6.45) is 0. The van der Waals surface area contributed by atoms with Crippen molar-refractivity contribution in [1.29, 1.82) is 0 Å². The van der Waals surface area contributed by atoms with Crippen LogP contribution >= 0.6 is 0 Å². The first kappa shape index (κ1) is 14.1. The number of benzene rings is 2. The van der Waals surface area contributed by atoms with Gasteiger partial charge in [-0.2, -0.15) is 0 Å². The molecule has 0 aliphatic carbocycles. The molecule has 1 atom stereocenters. The van der Waals surface area contributed by atoms with Gasteiger partial charge in [-0.1, -0.05) is 30.3 Å². The molecule has 0 saturated heterocycles. The van der Waals surface area contributed by atoms with Crippen LogP contribution in [0, 0.1) is 13.8 Å². The van der Waals surface area contributed by atoms with E-state index in [-0.39, 0.29) is 11.9 Å². The second-order valence-electron chi connectivity index (χ2n) is 5.04. The Morgan fingerprint density at radius 3 is 2.45 bits per heavy atom. The number of rotatable bonds is 4. The van der Waals surface area contributed by atoms with Gasteiger partial charge in [0, 0.05) is 11.4 Å². The Hall–Kier alpha value is -2.29. The van der Waals surface area contributed by atoms with Crippen molar-refractivity contribution in [3.8, 4) is 0 Å². The molecule has 20 heavy (non-hydrogen) atoms. The van der Waals surface area contributed by atoms with Gasteiger partial charge in [0.15, 0.2) is 0 Å². The van der Waals surface area contributed by atoms with Crippen LogP contribution in [0.15, 0.2) is 48.5 Å². The van der Waals surface area contributed by atoms with Gasteiger partial charge in [0.05, 0.1) is 0 Å². The molecule has 0 radical (unpaired) electrons. The van der Waals surface area contributed by atoms with Crippen LogP contribution in [0.25, 0.3) is 0 Å². The lowest BCUT2D eigenvalue weighted by Crippen LogP contribution is -2.32. The first-order valence-electron chi connectivity index (χ1n) is 6.76. The van der Waals surface area contributed by atoms with Crippen LogP contribution in [0.2, 0.25) is 0 Å². The predicted octanol–water partition coefficient (Wildman–Crippen LogP) is 3.74. The zero-order valence-corrected chi connectivity index (χ0v) is 12.1. The fourth-order valence-corrected chi connectivity index (χ4v) is 1.96. The number of hydrogen-bond donors (Lipinski definition) is 2. The van der Waals surface area contributed by atoms with Gasteiger partial charge in [-0.3, -0.25) is 4.79 Å². The maximum atomic E-state index is 12.1. The van der Waals surface area contributed by atoms with Crippen molar-refractivity contribution in [1.82, 2.24) is 0 Å². The molecule has 2 rings (SSSR count). The Bertz CT molecular complexity index is 593. The second kappa shape index (κ2) is 6.24. The summed E-state index contributed by atoms with van der Waals surface area (Å²) in [6.45, 7) is 5.93. The topological polar surface area (TPSA) is 41.1 Å². The summed E-state index contributed by atoms with van der Waals surface area (Å²) in [5, 5.41) is 6.15. The van der Waals surface area contributed by atoms with E-state index < -0.39 is 0 Å². The van der Waals surface area contributed by atoms with Crippen LogP contribution in [0.5, 0.6) is 0 Å². The molecule has 2 aromatic carbocycles. The molecule has 0 aromatic heterocycles. The Labute approximate surface area is 120 Å². The number of aryl methyl sites for hydroxylation is 2. The van der Waals surface area contributed by atoms with Crippen molar-refractivity contribution in [2.75, 3.05) is 10.6 Å². The third kappa shape index (κ3) is 3.60. The van der Waals surface area contributed by atoms with Crippen molar-refractivity contribution >= 4 is 17.3 Å². The molecule has 0 aliphatic rings. The molecule has 3 heteroatoms. The molecule has 1 amide bonds. The summed E-state index contributed by atoms with van der Waals surface area (Å²) in [4.78, 5) is 12.1. The maximum absolute atomic E-state index is 12.1. The van der Waals surface area contributed by atoms with Gasteiger partial charge in [0.2, 0.25) is 5.91 Å². The second-order valence-corrected chi connectivity index (χ2v) is 5.04. The van der Waals surface area contributed by atoms with E-state index in [1.54, 1.807) is 0 Å². The van der Waals surface area contributed by atoms with Crippen molar-refractivity contribution in [3.05, 3.63) is 59.7 Å². The van der Waals surface area contributed by atoms with Crippen molar-refractivity contribution in [3.63, 3.8) is 0 Å². The van der Waals surface area contributed by atoms with Crippen LogP contribution in [0.1, 0.15) is 18.1 Å². The molecule has 0 unspecified atom stereocenters. The van der Waals surface area contributed by atoms with Crippen LogP contribution in [0.4, 0.5) is 11.4 Å². The summed E-state index contributed by atoms with van der Waals surface area (Å²) in [5.41, 5.74) is 4.12. The highest BCUT2D eigenvalue weighted by Gasteiger charge is 2.13. The molecular formula is C17H20N2O. The molecule has 0 bridgehead atoms. The van der Waals surface area contributed by atoms with Crippen molar-refractivity contribution in [2.45, 2.75) is 26.8 Å². The first-order chi connectivity index (χ1) is 9.56. The van der Waals surface area contributed by atoms with Gasteiger partial charge < -0.3 is 10.6 Å². The minimum Gasteiger partial charge on any atom is -0.374 e. The third-order valence-electron chi connectivity index (χ3n) is 3.20. The van der Waals surface area contributed by atoms with E-state index in [1.165, 1.54) is 5.56 Å². The average molecular weight is 268 g/mol. The van der Waals surface area contributed by atoms with E-state index >= 15 is 0 Å². The highest BCUT2D eigenvalue weighted by molar-refractivity contribution is 5.96. The third-order valence-corrected chi connectivity index (χ3v) is 3.20. The van der Waals surface area contributed by atoms with Crippen LogP contribution in [0.3, 0.4) is 0 Å². The van der Waals surface area contributed by atoms with E-state index in [2.05, 4.69) is 28.8 Å². The first-order valence-corrected chi connectivity index (χ1v) is 6.76. The maximum Gasteiger partial charge on any atom is 0.246 e. The summed E-state index contributed by atoms with van der Waals surface area (Å²) in [7, 11) is 0. The molecule has 0 aliphatic heterocycles. The predicted molar refractivity (Wildman–Crippen MR) is 84.1 cm³/mol. The molecule has 3 nitrogen and oxygen atoms in total. The normalized spacial score (nSPS) is 11.8. The minimum absolute atomic E-state index is 0.0443. The highest BCUT2D eigenvalue weighted by Crippen LogP contribution is 2.17. The smallest absolute Gasteiger partial charge is 0.246 e. The monoisotopic (exact) mass is 268 g/mol. The van der Waals surface area contributed by atoms with Gasteiger partial charge in [-0.05, 0) is 50.1 Å². The quantitative estimate of drug-likeness (QED) is 0.886. The molecule has 0 heterocycles. The highest BCUT2D eigenvalue weighted by atomic mass is 16.2. The summed E-state index contributed by atoms with van der Waals surface area (Å²) in [6, 6.07) is 15.4. The summed E-state index contributed by atoms with van der Waals surface area (Å²) < 4.78 is 0. The molecule has 0 spiro atoms. The van der Waals surface area contributed by atoms with Gasteiger partial charge in [0.25, 0.3) is 0 Å². The standard InChI is InChI=1S/C17H20N2O/c1-12-9-10-13(2)16(11-12)18-14(3)17(20)19-15-7-5-4-6-8-15/h4-11,14,18H,1-3H3,(H,19,20)/t14-/m1/s1. The van der Waals surface area contributed by atoms with Gasteiger partial charge >= 0.3 is 0 Å². The molecular weight excluding hydrogens is 248 g/mol. The SMILES string of the molecule is Cc1ccc(C)c(N[C@H](C)C(=O)Nc2ccccc2)c1. The van der Waals surface area contributed by atoms with E-state index in [1.807, 2.05) is 51.1 Å². The molecule has 0 fully saturated rings. The number of para-hydroxylation sites is 1. The van der Waals surface area contributed by atoms with Crippen LogP contribution < -0.4 is 10.6 Å². The van der Waals surface area contributed by atoms with E-state index in [0.717, 1.165) is 16.9 Å². The Morgan fingerprint density at radius 2 is 1.75 bits per heavy atom. The van der Waals surface area contributed by atoms with E-state index in [9.17, 15) is 4.79 Å². The Morgan fingerprint density at radius 1 is 1.05 bits per heavy atom. The van der Waals surface area contributed by atoms with Gasteiger partial charge in [-0.25, -0.2) is 0 Å². The lowest BCUT2D eigenvalue weighted by molar-refractivity contribution is -0.116. The number of carbonyl (C=O) groups is 1. The summed E-state index contributed by atoms with van der Waals surface area (Å²) >= 11 is 0. The molecule has 104 valence electrons. The Kier molecular flexibility index (Phi) is 4.41. The van der Waals surface area contributed by atoms with E-state index in [4.69, 9.17) is 0 Å². The molecule has 0 saturated carbocycles. The lowest BCUT2D eigenvalue weighted by Gasteiger charge is -2.17. The summed E-state index contributed by atoms with van der Waals surface area (Å²) in [5.74, 6) is -0.0443. The lowest BCUT2D eigenvalue weighted by atomic mass is 10.1. The largest absolute Gasteiger partial charge is 0.374 e. The van der Waals surface area contributed by atoms with Crippen molar-refractivity contribution in [2.24, 2.45) is 0 Å². The van der Waals surface area contributed by atoms with Crippen LogP contribution in [-0.2, 0) is 4.79 Å². The Balaban J connectivity index is 2.02. The number of hydrogen-bond acceptors (Lipinski definition) is 2.